The molecule has 0 spiro atoms. The first-order valence-corrected chi connectivity index (χ1v) is 10.1. The summed E-state index contributed by atoms with van der Waals surface area (Å²) in [6.07, 6.45) is 2.11. The quantitative estimate of drug-likeness (QED) is 0.522. The normalized spacial score (nSPS) is 18.0. The highest BCUT2D eigenvalue weighted by molar-refractivity contribution is 6.31. The van der Waals surface area contributed by atoms with Crippen molar-refractivity contribution in [3.8, 4) is 5.75 Å². The zero-order chi connectivity index (χ0) is 20.5. The lowest BCUT2D eigenvalue weighted by molar-refractivity contribution is -0.143. The Morgan fingerprint density at radius 3 is 2.76 bits per heavy atom. The lowest BCUT2D eigenvalue weighted by Crippen LogP contribution is -2.28. The standard InChI is InChI=1S/C23H23ClN2O3/c1-4-29-23(27)13-18-14(2)26(21-8-6-16(28-3)12-19(18)21)22-9-10-25-20-11-15(24)5-7-17(20)22/h5-12,14,18H,4,13H2,1-3H3. The van der Waals surface area contributed by atoms with Crippen molar-refractivity contribution in [2.45, 2.75) is 32.2 Å². The Balaban J connectivity index is 1.84. The third kappa shape index (κ3) is 3.51. The molecule has 0 saturated carbocycles. The van der Waals surface area contributed by atoms with E-state index in [-0.39, 0.29) is 17.9 Å². The number of carbonyl (C=O) groups excluding carboxylic acids is 1. The van der Waals surface area contributed by atoms with Gasteiger partial charge in [-0.2, -0.15) is 0 Å². The minimum Gasteiger partial charge on any atom is -0.497 e. The number of hydrogen-bond donors (Lipinski definition) is 0. The maximum Gasteiger partial charge on any atom is 0.306 e. The lowest BCUT2D eigenvalue weighted by atomic mass is 9.92. The second-order valence-corrected chi connectivity index (χ2v) is 7.58. The molecule has 0 aliphatic carbocycles. The Morgan fingerprint density at radius 2 is 2.00 bits per heavy atom. The average Bonchev–Trinajstić information content (AvgIpc) is 2.98. The molecule has 1 aromatic heterocycles. The minimum atomic E-state index is -0.189. The number of ether oxygens (including phenoxy) is 2. The van der Waals surface area contributed by atoms with Crippen LogP contribution in [0.4, 0.5) is 11.4 Å². The van der Waals surface area contributed by atoms with Gasteiger partial charge in [-0.1, -0.05) is 11.6 Å². The van der Waals surface area contributed by atoms with Crippen LogP contribution in [0.5, 0.6) is 5.75 Å². The van der Waals surface area contributed by atoms with E-state index in [4.69, 9.17) is 21.1 Å². The topological polar surface area (TPSA) is 51.7 Å². The number of benzene rings is 2. The maximum atomic E-state index is 12.3. The fourth-order valence-corrected chi connectivity index (χ4v) is 4.35. The van der Waals surface area contributed by atoms with E-state index in [2.05, 4.69) is 22.9 Å². The van der Waals surface area contributed by atoms with Crippen LogP contribution < -0.4 is 9.64 Å². The predicted molar refractivity (Wildman–Crippen MR) is 115 cm³/mol. The molecule has 4 rings (SSSR count). The fraction of sp³-hybridized carbons (Fsp3) is 0.304. The summed E-state index contributed by atoms with van der Waals surface area (Å²) in [5.74, 6) is 0.582. The summed E-state index contributed by atoms with van der Waals surface area (Å²) >= 11 is 6.17. The van der Waals surface area contributed by atoms with Crippen LogP contribution in [-0.2, 0) is 9.53 Å². The number of esters is 1. The van der Waals surface area contributed by atoms with E-state index in [1.807, 2.05) is 43.3 Å². The largest absolute Gasteiger partial charge is 0.497 e. The monoisotopic (exact) mass is 410 g/mol. The summed E-state index contributed by atoms with van der Waals surface area (Å²) < 4.78 is 10.7. The molecule has 5 nitrogen and oxygen atoms in total. The third-order valence-corrected chi connectivity index (χ3v) is 5.75. The molecule has 6 heteroatoms. The van der Waals surface area contributed by atoms with Crippen molar-refractivity contribution >= 4 is 39.8 Å². The van der Waals surface area contributed by atoms with Gasteiger partial charge in [-0.25, -0.2) is 0 Å². The number of anilines is 2. The number of aromatic nitrogens is 1. The van der Waals surface area contributed by atoms with Crippen molar-refractivity contribution in [2.75, 3.05) is 18.6 Å². The van der Waals surface area contributed by atoms with Gasteiger partial charge in [-0.05, 0) is 61.9 Å². The van der Waals surface area contributed by atoms with E-state index in [0.717, 1.165) is 33.6 Å². The van der Waals surface area contributed by atoms with Crippen LogP contribution in [0.1, 0.15) is 31.7 Å². The van der Waals surface area contributed by atoms with Crippen molar-refractivity contribution in [1.82, 2.24) is 4.98 Å². The molecule has 0 bridgehead atoms. The molecule has 29 heavy (non-hydrogen) atoms. The second-order valence-electron chi connectivity index (χ2n) is 7.14. The molecule has 0 fully saturated rings. The number of carbonyl (C=O) groups is 1. The van der Waals surface area contributed by atoms with E-state index < -0.39 is 0 Å². The molecule has 2 atom stereocenters. The summed E-state index contributed by atoms with van der Waals surface area (Å²) in [4.78, 5) is 19.0. The van der Waals surface area contributed by atoms with Crippen molar-refractivity contribution < 1.29 is 14.3 Å². The number of rotatable bonds is 5. The lowest BCUT2D eigenvalue weighted by Gasteiger charge is -2.28. The van der Waals surface area contributed by atoms with Crippen LogP contribution in [0, 0.1) is 0 Å². The van der Waals surface area contributed by atoms with Crippen molar-refractivity contribution in [2.24, 2.45) is 0 Å². The van der Waals surface area contributed by atoms with Gasteiger partial charge >= 0.3 is 5.97 Å². The number of pyridine rings is 1. The van der Waals surface area contributed by atoms with E-state index in [0.29, 0.717) is 18.1 Å². The summed E-state index contributed by atoms with van der Waals surface area (Å²) in [6.45, 7) is 4.34. The molecular formula is C23H23ClN2O3. The molecule has 0 saturated heterocycles. The van der Waals surface area contributed by atoms with Gasteiger partial charge in [0.25, 0.3) is 0 Å². The zero-order valence-corrected chi connectivity index (χ0v) is 17.4. The molecule has 2 unspecified atom stereocenters. The molecule has 1 aliphatic heterocycles. The van der Waals surface area contributed by atoms with Crippen molar-refractivity contribution in [1.29, 1.82) is 0 Å². The first kappa shape index (κ1) is 19.5. The molecule has 2 heterocycles. The van der Waals surface area contributed by atoms with Crippen molar-refractivity contribution in [3.63, 3.8) is 0 Å². The van der Waals surface area contributed by atoms with Gasteiger partial charge < -0.3 is 14.4 Å². The SMILES string of the molecule is CCOC(=O)CC1c2cc(OC)ccc2N(c2ccnc3cc(Cl)ccc23)C1C. The second kappa shape index (κ2) is 7.91. The van der Waals surface area contributed by atoms with Gasteiger partial charge in [0.05, 0.1) is 31.3 Å². The van der Waals surface area contributed by atoms with Crippen LogP contribution in [-0.4, -0.2) is 30.7 Å². The van der Waals surface area contributed by atoms with E-state index in [1.54, 1.807) is 13.3 Å². The first-order chi connectivity index (χ1) is 14.0. The van der Waals surface area contributed by atoms with Gasteiger partial charge in [-0.15, -0.1) is 0 Å². The van der Waals surface area contributed by atoms with Crippen LogP contribution in [0.15, 0.2) is 48.7 Å². The number of methoxy groups -OCH3 is 1. The highest BCUT2D eigenvalue weighted by atomic mass is 35.5. The van der Waals surface area contributed by atoms with Gasteiger partial charge in [0.15, 0.2) is 0 Å². The van der Waals surface area contributed by atoms with Crippen LogP contribution >= 0.6 is 11.6 Å². The van der Waals surface area contributed by atoms with Gasteiger partial charge in [0.2, 0.25) is 0 Å². The zero-order valence-electron chi connectivity index (χ0n) is 16.7. The molecule has 3 aromatic rings. The summed E-state index contributed by atoms with van der Waals surface area (Å²) in [5.41, 5.74) is 4.03. The van der Waals surface area contributed by atoms with E-state index in [1.165, 1.54) is 0 Å². The Labute approximate surface area is 175 Å². The summed E-state index contributed by atoms with van der Waals surface area (Å²) in [6, 6.07) is 13.8. The van der Waals surface area contributed by atoms with Gasteiger partial charge in [-0.3, -0.25) is 9.78 Å². The molecule has 0 radical (unpaired) electrons. The molecule has 2 aromatic carbocycles. The number of nitrogens with zero attached hydrogens (tertiary/aromatic N) is 2. The van der Waals surface area contributed by atoms with Crippen molar-refractivity contribution in [3.05, 3.63) is 59.2 Å². The maximum absolute atomic E-state index is 12.3. The molecule has 150 valence electrons. The fourth-order valence-electron chi connectivity index (χ4n) is 4.18. The Kier molecular flexibility index (Phi) is 5.33. The summed E-state index contributed by atoms with van der Waals surface area (Å²) in [7, 11) is 1.65. The Morgan fingerprint density at radius 1 is 1.17 bits per heavy atom. The Hall–Kier alpha value is -2.79. The van der Waals surface area contributed by atoms with Gasteiger partial charge in [0, 0.05) is 34.3 Å². The third-order valence-electron chi connectivity index (χ3n) is 5.52. The number of hydrogen-bond acceptors (Lipinski definition) is 5. The van der Waals surface area contributed by atoms with Crippen LogP contribution in [0.25, 0.3) is 10.9 Å². The number of halogens is 1. The average molecular weight is 411 g/mol. The smallest absolute Gasteiger partial charge is 0.306 e. The van der Waals surface area contributed by atoms with Gasteiger partial charge in [0.1, 0.15) is 5.75 Å². The summed E-state index contributed by atoms with van der Waals surface area (Å²) in [5, 5.41) is 1.67. The van der Waals surface area contributed by atoms with E-state index >= 15 is 0 Å². The molecule has 0 N–H and O–H groups in total. The predicted octanol–water partition coefficient (Wildman–Crippen LogP) is 5.47. The highest BCUT2D eigenvalue weighted by Crippen LogP contribution is 2.49. The van der Waals surface area contributed by atoms with Crippen LogP contribution in [0.3, 0.4) is 0 Å². The first-order valence-electron chi connectivity index (χ1n) is 9.70. The Bertz CT molecular complexity index is 1070. The van der Waals surface area contributed by atoms with E-state index in [9.17, 15) is 4.79 Å². The molecule has 0 amide bonds. The minimum absolute atomic E-state index is 0.00494. The highest BCUT2D eigenvalue weighted by Gasteiger charge is 2.38. The number of fused-ring (bicyclic) bond motifs is 2. The molecule has 1 aliphatic rings. The van der Waals surface area contributed by atoms with Crippen LogP contribution in [0.2, 0.25) is 5.02 Å². The molecular weight excluding hydrogens is 388 g/mol.